The summed E-state index contributed by atoms with van der Waals surface area (Å²) in [6.07, 6.45) is 0.969. The summed E-state index contributed by atoms with van der Waals surface area (Å²) >= 11 is 0. The first-order chi connectivity index (χ1) is 12.6. The molecule has 0 aliphatic carbocycles. The van der Waals surface area contributed by atoms with Crippen molar-refractivity contribution in [2.45, 2.75) is 26.3 Å². The predicted octanol–water partition coefficient (Wildman–Crippen LogP) is 3.06. The van der Waals surface area contributed by atoms with Gasteiger partial charge in [-0.3, -0.25) is 9.36 Å². The highest BCUT2D eigenvalue weighted by Crippen LogP contribution is 2.22. The second-order valence-corrected chi connectivity index (χ2v) is 7.08. The van der Waals surface area contributed by atoms with Crippen LogP contribution in [-0.4, -0.2) is 34.6 Å². The zero-order valence-corrected chi connectivity index (χ0v) is 15.2. The maximum absolute atomic E-state index is 12.7. The molecule has 134 valence electrons. The Kier molecular flexibility index (Phi) is 4.47. The molecule has 2 N–H and O–H groups in total. The number of hydrogen-bond donors (Lipinski definition) is 2. The van der Waals surface area contributed by atoms with E-state index in [0.717, 1.165) is 42.1 Å². The average Bonchev–Trinajstić information content (AvgIpc) is 2.99. The van der Waals surface area contributed by atoms with Crippen molar-refractivity contribution in [1.29, 1.82) is 0 Å². The van der Waals surface area contributed by atoms with Crippen LogP contribution in [0.5, 0.6) is 0 Å². The first-order valence-corrected chi connectivity index (χ1v) is 9.19. The lowest BCUT2D eigenvalue weighted by molar-refractivity contribution is 0.0914. The number of aromatic nitrogens is 2. The molecule has 26 heavy (non-hydrogen) atoms. The summed E-state index contributed by atoms with van der Waals surface area (Å²) in [6, 6.07) is 16.2. The summed E-state index contributed by atoms with van der Waals surface area (Å²) in [7, 11) is 0. The minimum Gasteiger partial charge on any atom is -0.349 e. The van der Waals surface area contributed by atoms with E-state index in [4.69, 9.17) is 0 Å². The largest absolute Gasteiger partial charge is 0.349 e. The number of carbonyl (C=O) groups excluding carboxylic acids is 1. The van der Waals surface area contributed by atoms with Crippen LogP contribution in [0.25, 0.3) is 16.7 Å². The van der Waals surface area contributed by atoms with Gasteiger partial charge in [-0.2, -0.15) is 0 Å². The molecule has 2 atom stereocenters. The maximum Gasteiger partial charge on any atom is 0.251 e. The highest BCUT2D eigenvalue weighted by atomic mass is 16.1. The third-order valence-electron chi connectivity index (χ3n) is 5.20. The van der Waals surface area contributed by atoms with Crippen molar-refractivity contribution in [3.63, 3.8) is 0 Å². The van der Waals surface area contributed by atoms with Crippen molar-refractivity contribution in [2.24, 2.45) is 5.92 Å². The number of imidazole rings is 1. The number of fused-ring (bicyclic) bond motifs is 1. The summed E-state index contributed by atoms with van der Waals surface area (Å²) in [4.78, 5) is 17.4. The van der Waals surface area contributed by atoms with Crippen LogP contribution in [0.1, 0.15) is 29.5 Å². The van der Waals surface area contributed by atoms with E-state index in [2.05, 4.69) is 39.2 Å². The summed E-state index contributed by atoms with van der Waals surface area (Å²) in [5.74, 6) is 1.34. The minimum atomic E-state index is -0.0161. The molecule has 1 fully saturated rings. The molecule has 2 aromatic carbocycles. The van der Waals surface area contributed by atoms with Crippen LogP contribution in [0.2, 0.25) is 0 Å². The molecule has 5 nitrogen and oxygen atoms in total. The predicted molar refractivity (Wildman–Crippen MR) is 104 cm³/mol. The molecule has 3 aromatic rings. The highest BCUT2D eigenvalue weighted by Gasteiger charge is 2.23. The van der Waals surface area contributed by atoms with Crippen LogP contribution in [-0.2, 0) is 0 Å². The quantitative estimate of drug-likeness (QED) is 0.765. The van der Waals surface area contributed by atoms with Crippen LogP contribution in [0, 0.1) is 12.8 Å². The molecule has 0 saturated carbocycles. The van der Waals surface area contributed by atoms with Gasteiger partial charge >= 0.3 is 0 Å². The fourth-order valence-corrected chi connectivity index (χ4v) is 3.73. The second-order valence-electron chi connectivity index (χ2n) is 7.08. The van der Waals surface area contributed by atoms with E-state index in [1.165, 1.54) is 0 Å². The SMILES string of the molecule is Cc1nc2cc(C(=O)NC3CCNCC3C)ccc2n1-c1ccccc1. The Morgan fingerprint density at radius 3 is 2.81 bits per heavy atom. The van der Waals surface area contributed by atoms with Crippen molar-refractivity contribution < 1.29 is 4.79 Å². The van der Waals surface area contributed by atoms with Crippen LogP contribution >= 0.6 is 0 Å². The van der Waals surface area contributed by atoms with Gasteiger partial charge in [-0.05, 0) is 62.7 Å². The zero-order valence-electron chi connectivity index (χ0n) is 15.2. The number of hydrogen-bond acceptors (Lipinski definition) is 3. The first kappa shape index (κ1) is 16.8. The molecule has 1 aromatic heterocycles. The molecular formula is C21H24N4O. The van der Waals surface area contributed by atoms with Gasteiger partial charge in [0.2, 0.25) is 0 Å². The van der Waals surface area contributed by atoms with Crippen molar-refractivity contribution in [3.8, 4) is 5.69 Å². The average molecular weight is 348 g/mol. The normalized spacial score (nSPS) is 20.2. The van der Waals surface area contributed by atoms with Crippen molar-refractivity contribution >= 4 is 16.9 Å². The Morgan fingerprint density at radius 1 is 1.23 bits per heavy atom. The third kappa shape index (κ3) is 3.10. The lowest BCUT2D eigenvalue weighted by Crippen LogP contribution is -2.48. The van der Waals surface area contributed by atoms with E-state index in [0.29, 0.717) is 11.5 Å². The van der Waals surface area contributed by atoms with E-state index in [1.54, 1.807) is 0 Å². The molecule has 2 unspecified atom stereocenters. The number of nitrogens with zero attached hydrogens (tertiary/aromatic N) is 2. The van der Waals surface area contributed by atoms with Gasteiger partial charge in [0.05, 0.1) is 11.0 Å². The second kappa shape index (κ2) is 6.92. The van der Waals surface area contributed by atoms with Gasteiger partial charge in [-0.25, -0.2) is 4.98 Å². The number of carbonyl (C=O) groups is 1. The maximum atomic E-state index is 12.7. The smallest absolute Gasteiger partial charge is 0.251 e. The topological polar surface area (TPSA) is 59.0 Å². The molecule has 2 heterocycles. The molecule has 1 saturated heterocycles. The van der Waals surface area contributed by atoms with E-state index in [1.807, 2.05) is 43.3 Å². The van der Waals surface area contributed by atoms with Gasteiger partial charge in [-0.15, -0.1) is 0 Å². The van der Waals surface area contributed by atoms with Gasteiger partial charge in [0.1, 0.15) is 5.82 Å². The molecule has 1 aliphatic rings. The summed E-state index contributed by atoms with van der Waals surface area (Å²) in [6.45, 7) is 6.06. The van der Waals surface area contributed by atoms with Gasteiger partial charge in [-0.1, -0.05) is 25.1 Å². The lowest BCUT2D eigenvalue weighted by Gasteiger charge is -2.30. The van der Waals surface area contributed by atoms with Gasteiger partial charge in [0.15, 0.2) is 0 Å². The molecular weight excluding hydrogens is 324 g/mol. The number of aryl methyl sites for hydroxylation is 1. The number of piperidine rings is 1. The number of para-hydroxylation sites is 1. The monoisotopic (exact) mass is 348 g/mol. The van der Waals surface area contributed by atoms with Crippen LogP contribution in [0.4, 0.5) is 0 Å². The number of benzene rings is 2. The van der Waals surface area contributed by atoms with E-state index >= 15 is 0 Å². The lowest BCUT2D eigenvalue weighted by atomic mass is 9.95. The van der Waals surface area contributed by atoms with E-state index in [-0.39, 0.29) is 11.9 Å². The number of rotatable bonds is 3. The fourth-order valence-electron chi connectivity index (χ4n) is 3.73. The Balaban J connectivity index is 1.63. The molecule has 0 spiro atoms. The van der Waals surface area contributed by atoms with Gasteiger partial charge in [0.25, 0.3) is 5.91 Å². The fraction of sp³-hybridized carbons (Fsp3) is 0.333. The Hall–Kier alpha value is -2.66. The van der Waals surface area contributed by atoms with E-state index in [9.17, 15) is 4.79 Å². The molecule has 4 rings (SSSR count). The summed E-state index contributed by atoms with van der Waals surface area (Å²) in [5, 5.41) is 6.55. The van der Waals surface area contributed by atoms with Crippen molar-refractivity contribution in [2.75, 3.05) is 13.1 Å². The van der Waals surface area contributed by atoms with Crippen LogP contribution < -0.4 is 10.6 Å². The van der Waals surface area contributed by atoms with Crippen LogP contribution in [0.15, 0.2) is 48.5 Å². The molecule has 1 aliphatic heterocycles. The number of nitrogens with one attached hydrogen (secondary N) is 2. The Bertz CT molecular complexity index is 932. The summed E-state index contributed by atoms with van der Waals surface area (Å²) < 4.78 is 2.12. The number of amides is 1. The highest BCUT2D eigenvalue weighted by molar-refractivity contribution is 5.97. The van der Waals surface area contributed by atoms with E-state index < -0.39 is 0 Å². The summed E-state index contributed by atoms with van der Waals surface area (Å²) in [5.41, 5.74) is 3.60. The standard InChI is InChI=1S/C21H24N4O/c1-14-13-22-11-10-18(14)24-21(26)16-8-9-20-19(12-16)23-15(2)25(20)17-6-4-3-5-7-17/h3-9,12,14,18,22H,10-11,13H2,1-2H3,(H,24,26). The van der Waals surface area contributed by atoms with Gasteiger partial charge < -0.3 is 10.6 Å². The Labute approximate surface area is 153 Å². The van der Waals surface area contributed by atoms with Crippen molar-refractivity contribution in [3.05, 3.63) is 59.9 Å². The van der Waals surface area contributed by atoms with Gasteiger partial charge in [0, 0.05) is 17.3 Å². The molecule has 0 bridgehead atoms. The third-order valence-corrected chi connectivity index (χ3v) is 5.20. The molecule has 0 radical (unpaired) electrons. The van der Waals surface area contributed by atoms with Crippen molar-refractivity contribution in [1.82, 2.24) is 20.2 Å². The minimum absolute atomic E-state index is 0.0161. The zero-order chi connectivity index (χ0) is 18.1. The van der Waals surface area contributed by atoms with Crippen LogP contribution in [0.3, 0.4) is 0 Å². The first-order valence-electron chi connectivity index (χ1n) is 9.19. The molecule has 1 amide bonds. The Morgan fingerprint density at radius 2 is 2.04 bits per heavy atom. The molecule has 5 heteroatoms.